The number of nitrogens with one attached hydrogen (secondary N) is 1. The maximum absolute atomic E-state index is 6.50. The van der Waals surface area contributed by atoms with Crippen LogP contribution in [0.2, 0.25) is 5.02 Å². The number of likely N-dealkylation sites (N-methyl/N-ethyl adjacent to an activating group) is 1. The van der Waals surface area contributed by atoms with Crippen LogP contribution in [0, 0.1) is 0 Å². The molecule has 0 bridgehead atoms. The van der Waals surface area contributed by atoms with Crippen molar-refractivity contribution >= 4 is 17.3 Å². The van der Waals surface area contributed by atoms with Crippen LogP contribution in [-0.4, -0.2) is 45.2 Å². The molecule has 0 atom stereocenters. The van der Waals surface area contributed by atoms with Crippen LogP contribution in [-0.2, 0) is 6.54 Å². The van der Waals surface area contributed by atoms with Gasteiger partial charge in [-0.2, -0.15) is 0 Å². The van der Waals surface area contributed by atoms with Crippen LogP contribution in [0.3, 0.4) is 0 Å². The van der Waals surface area contributed by atoms with Gasteiger partial charge in [-0.1, -0.05) is 31.5 Å². The third-order valence-corrected chi connectivity index (χ3v) is 3.72. The van der Waals surface area contributed by atoms with Crippen molar-refractivity contribution < 1.29 is 0 Å². The number of nitrogens with zero attached hydrogens (tertiary/aromatic N) is 2. The summed E-state index contributed by atoms with van der Waals surface area (Å²) in [4.78, 5) is 4.59. The molecule has 120 valence electrons. The molecule has 0 aliphatic carbocycles. The van der Waals surface area contributed by atoms with Gasteiger partial charge in [0.2, 0.25) is 0 Å². The average molecular weight is 312 g/mol. The molecule has 0 spiro atoms. The molecule has 1 aromatic carbocycles. The van der Waals surface area contributed by atoms with Crippen molar-refractivity contribution in [1.29, 1.82) is 0 Å². The molecule has 1 rings (SSSR count). The molecule has 0 radical (unpaired) electrons. The summed E-state index contributed by atoms with van der Waals surface area (Å²) in [6.45, 7) is 9.41. The summed E-state index contributed by atoms with van der Waals surface area (Å²) in [5.74, 6) is 0. The Morgan fingerprint density at radius 1 is 1.05 bits per heavy atom. The molecule has 0 aliphatic rings. The summed E-state index contributed by atoms with van der Waals surface area (Å²) in [6.07, 6.45) is 2.28. The fraction of sp³-hybridized carbons (Fsp3) is 0.647. The lowest BCUT2D eigenvalue weighted by molar-refractivity contribution is 0.413. The summed E-state index contributed by atoms with van der Waals surface area (Å²) < 4.78 is 0. The molecule has 0 unspecified atom stereocenters. The van der Waals surface area contributed by atoms with E-state index < -0.39 is 0 Å². The highest BCUT2D eigenvalue weighted by Gasteiger charge is 2.10. The lowest BCUT2D eigenvalue weighted by atomic mass is 10.2. The van der Waals surface area contributed by atoms with Crippen molar-refractivity contribution in [2.75, 3.05) is 45.2 Å². The quantitative estimate of drug-likeness (QED) is 0.666. The van der Waals surface area contributed by atoms with E-state index in [4.69, 9.17) is 11.6 Å². The highest BCUT2D eigenvalue weighted by Crippen LogP contribution is 2.27. The highest BCUT2D eigenvalue weighted by atomic mass is 35.5. The summed E-state index contributed by atoms with van der Waals surface area (Å²) in [5, 5.41) is 4.27. The van der Waals surface area contributed by atoms with Gasteiger partial charge in [0.1, 0.15) is 0 Å². The van der Waals surface area contributed by atoms with Crippen LogP contribution < -0.4 is 10.2 Å². The minimum Gasteiger partial charge on any atom is -0.369 e. The summed E-state index contributed by atoms with van der Waals surface area (Å²) >= 11 is 6.50. The first kappa shape index (κ1) is 18.3. The van der Waals surface area contributed by atoms with E-state index in [0.717, 1.165) is 56.3 Å². The van der Waals surface area contributed by atoms with Crippen LogP contribution in [0.5, 0.6) is 0 Å². The topological polar surface area (TPSA) is 18.5 Å². The van der Waals surface area contributed by atoms with E-state index in [1.54, 1.807) is 0 Å². The lowest BCUT2D eigenvalue weighted by Gasteiger charge is -2.27. The Labute approximate surface area is 135 Å². The average Bonchev–Trinajstić information content (AvgIpc) is 2.44. The normalized spacial score (nSPS) is 11.1. The maximum Gasteiger partial charge on any atom is 0.0642 e. The third kappa shape index (κ3) is 6.68. The monoisotopic (exact) mass is 311 g/mol. The smallest absolute Gasteiger partial charge is 0.0642 e. The number of hydrogen-bond donors (Lipinski definition) is 1. The first-order chi connectivity index (χ1) is 10.1. The van der Waals surface area contributed by atoms with E-state index in [2.05, 4.69) is 61.3 Å². The highest BCUT2D eigenvalue weighted by molar-refractivity contribution is 6.33. The zero-order valence-electron chi connectivity index (χ0n) is 14.0. The number of rotatable bonds is 10. The minimum atomic E-state index is 0.859. The van der Waals surface area contributed by atoms with Gasteiger partial charge in [0.15, 0.2) is 0 Å². The number of hydrogen-bond acceptors (Lipinski definition) is 3. The second-order valence-corrected chi connectivity index (χ2v) is 6.16. The molecule has 0 saturated carbocycles. The van der Waals surface area contributed by atoms with Crippen LogP contribution in [0.15, 0.2) is 18.2 Å². The van der Waals surface area contributed by atoms with E-state index in [-0.39, 0.29) is 0 Å². The molecule has 21 heavy (non-hydrogen) atoms. The fourth-order valence-electron chi connectivity index (χ4n) is 2.27. The predicted octanol–water partition coefficient (Wildman–Crippen LogP) is 3.62. The summed E-state index contributed by atoms with van der Waals surface area (Å²) in [5.41, 5.74) is 2.40. The molecule has 0 aromatic heterocycles. The van der Waals surface area contributed by atoms with Gasteiger partial charge >= 0.3 is 0 Å². The van der Waals surface area contributed by atoms with Crippen molar-refractivity contribution in [3.63, 3.8) is 0 Å². The number of halogens is 1. The molecule has 1 aromatic rings. The zero-order valence-corrected chi connectivity index (χ0v) is 14.7. The standard InChI is InChI=1S/C17H30ClN3/c1-5-9-19-14-15-7-8-17(16(18)13-15)21(10-6-2)12-11-20(3)4/h7-8,13,19H,5-6,9-12,14H2,1-4H3. The second-order valence-electron chi connectivity index (χ2n) is 5.75. The van der Waals surface area contributed by atoms with Crippen LogP contribution >= 0.6 is 11.6 Å². The minimum absolute atomic E-state index is 0.859. The van der Waals surface area contributed by atoms with E-state index in [0.29, 0.717) is 0 Å². The van der Waals surface area contributed by atoms with E-state index in [1.807, 2.05) is 0 Å². The Kier molecular flexibility index (Phi) is 8.74. The van der Waals surface area contributed by atoms with E-state index in [1.165, 1.54) is 5.56 Å². The number of benzene rings is 1. The van der Waals surface area contributed by atoms with E-state index in [9.17, 15) is 0 Å². The molecular weight excluding hydrogens is 282 g/mol. The SMILES string of the molecule is CCCNCc1ccc(N(CCC)CCN(C)C)c(Cl)c1. The van der Waals surface area contributed by atoms with Crippen LogP contribution in [0.4, 0.5) is 5.69 Å². The molecule has 0 fully saturated rings. The van der Waals surface area contributed by atoms with Gasteiger partial charge in [0, 0.05) is 26.2 Å². The fourth-order valence-corrected chi connectivity index (χ4v) is 2.59. The van der Waals surface area contributed by atoms with Crippen molar-refractivity contribution in [2.24, 2.45) is 0 Å². The van der Waals surface area contributed by atoms with Gasteiger partial charge in [0.25, 0.3) is 0 Å². The molecule has 0 aliphatic heterocycles. The van der Waals surface area contributed by atoms with Crippen molar-refractivity contribution in [1.82, 2.24) is 10.2 Å². The molecular formula is C17H30ClN3. The molecule has 1 N–H and O–H groups in total. The third-order valence-electron chi connectivity index (χ3n) is 3.42. The van der Waals surface area contributed by atoms with E-state index >= 15 is 0 Å². The van der Waals surface area contributed by atoms with Gasteiger partial charge in [0.05, 0.1) is 10.7 Å². The van der Waals surface area contributed by atoms with Crippen molar-refractivity contribution in [3.05, 3.63) is 28.8 Å². The molecule has 0 heterocycles. The number of anilines is 1. The van der Waals surface area contributed by atoms with Crippen molar-refractivity contribution in [2.45, 2.75) is 33.2 Å². The van der Waals surface area contributed by atoms with Crippen molar-refractivity contribution in [3.8, 4) is 0 Å². The first-order valence-electron chi connectivity index (χ1n) is 7.97. The summed E-state index contributed by atoms with van der Waals surface area (Å²) in [6, 6.07) is 6.44. The molecule has 4 heteroatoms. The van der Waals surface area contributed by atoms with Gasteiger partial charge in [-0.05, 0) is 51.2 Å². The van der Waals surface area contributed by atoms with Gasteiger partial charge in [-0.3, -0.25) is 0 Å². The lowest BCUT2D eigenvalue weighted by Crippen LogP contribution is -2.32. The van der Waals surface area contributed by atoms with Gasteiger partial charge in [-0.15, -0.1) is 0 Å². The maximum atomic E-state index is 6.50. The second kappa shape index (κ2) is 10.0. The summed E-state index contributed by atoms with van der Waals surface area (Å²) in [7, 11) is 4.21. The largest absolute Gasteiger partial charge is 0.369 e. The Morgan fingerprint density at radius 2 is 1.81 bits per heavy atom. The Bertz CT molecular complexity index is 407. The Balaban J connectivity index is 2.74. The Hall–Kier alpha value is -0.770. The van der Waals surface area contributed by atoms with Crippen LogP contribution in [0.25, 0.3) is 0 Å². The predicted molar refractivity (Wildman–Crippen MR) is 94.5 cm³/mol. The van der Waals surface area contributed by atoms with Crippen LogP contribution in [0.1, 0.15) is 32.3 Å². The van der Waals surface area contributed by atoms with Gasteiger partial charge in [-0.25, -0.2) is 0 Å². The zero-order chi connectivity index (χ0) is 15.7. The molecule has 0 saturated heterocycles. The molecule has 3 nitrogen and oxygen atoms in total. The Morgan fingerprint density at radius 3 is 2.38 bits per heavy atom. The first-order valence-corrected chi connectivity index (χ1v) is 8.35. The molecule has 0 amide bonds. The van der Waals surface area contributed by atoms with Gasteiger partial charge < -0.3 is 15.1 Å².